The molecule has 0 saturated heterocycles. The molecule has 0 radical (unpaired) electrons. The molecule has 0 unspecified atom stereocenters. The van der Waals surface area contributed by atoms with Crippen LogP contribution in [0.1, 0.15) is 24.0 Å². The molecule has 0 atom stereocenters. The van der Waals surface area contributed by atoms with Gasteiger partial charge >= 0.3 is 0 Å². The van der Waals surface area contributed by atoms with Gasteiger partial charge in [0.05, 0.1) is 12.6 Å². The summed E-state index contributed by atoms with van der Waals surface area (Å²) in [7, 11) is 1.68. The second kappa shape index (κ2) is 6.55. The summed E-state index contributed by atoms with van der Waals surface area (Å²) in [6.07, 6.45) is 5.23. The third kappa shape index (κ3) is 2.90. The number of amides is 1. The molecule has 0 bridgehead atoms. The van der Waals surface area contributed by atoms with E-state index >= 15 is 0 Å². The zero-order valence-electron chi connectivity index (χ0n) is 16.6. The summed E-state index contributed by atoms with van der Waals surface area (Å²) in [5.41, 5.74) is 5.84. The molecule has 3 heterocycles. The van der Waals surface area contributed by atoms with Gasteiger partial charge in [0.15, 0.2) is 5.65 Å². The Hall–Kier alpha value is -3.48. The van der Waals surface area contributed by atoms with E-state index in [2.05, 4.69) is 33.4 Å². The van der Waals surface area contributed by atoms with Gasteiger partial charge in [0.25, 0.3) is 0 Å². The van der Waals surface area contributed by atoms with Crippen molar-refractivity contribution in [2.45, 2.75) is 26.7 Å². The molecule has 7 nitrogen and oxygen atoms in total. The van der Waals surface area contributed by atoms with Crippen molar-refractivity contribution >= 4 is 28.3 Å². The second-order valence-corrected chi connectivity index (χ2v) is 7.53. The van der Waals surface area contributed by atoms with Crippen molar-refractivity contribution in [3.05, 3.63) is 47.9 Å². The van der Waals surface area contributed by atoms with Crippen LogP contribution >= 0.6 is 0 Å². The normalized spacial score (nSPS) is 13.8. The predicted molar refractivity (Wildman–Crippen MR) is 111 cm³/mol. The quantitative estimate of drug-likeness (QED) is 0.574. The van der Waals surface area contributed by atoms with Crippen molar-refractivity contribution in [3.63, 3.8) is 0 Å². The monoisotopic (exact) mass is 387 g/mol. The zero-order valence-corrected chi connectivity index (χ0v) is 16.6. The number of ether oxygens (including phenoxy) is 1. The van der Waals surface area contributed by atoms with Crippen LogP contribution in [0.25, 0.3) is 27.7 Å². The number of pyridine rings is 2. The molecule has 146 valence electrons. The van der Waals surface area contributed by atoms with E-state index in [1.54, 1.807) is 24.1 Å². The first-order chi connectivity index (χ1) is 14.1. The Balaban J connectivity index is 1.70. The van der Waals surface area contributed by atoms with E-state index in [4.69, 9.17) is 4.74 Å². The molecular weight excluding hydrogens is 366 g/mol. The number of hydrogen-bond donors (Lipinski definition) is 1. The molecule has 1 aliphatic carbocycles. The lowest BCUT2D eigenvalue weighted by Gasteiger charge is -2.15. The van der Waals surface area contributed by atoms with Crippen LogP contribution in [0.4, 0.5) is 5.82 Å². The van der Waals surface area contributed by atoms with Crippen molar-refractivity contribution < 1.29 is 9.53 Å². The number of hydrogen-bond acceptors (Lipinski definition) is 5. The van der Waals surface area contributed by atoms with Crippen molar-refractivity contribution in [1.82, 2.24) is 19.6 Å². The minimum absolute atomic E-state index is 0.0333. The Morgan fingerprint density at radius 3 is 2.79 bits per heavy atom. The van der Waals surface area contributed by atoms with E-state index in [-0.39, 0.29) is 11.8 Å². The maximum atomic E-state index is 12.1. The van der Waals surface area contributed by atoms with Gasteiger partial charge in [0.1, 0.15) is 17.9 Å². The number of methoxy groups -OCH3 is 1. The van der Waals surface area contributed by atoms with Gasteiger partial charge in [0, 0.05) is 29.1 Å². The average molecular weight is 387 g/mol. The van der Waals surface area contributed by atoms with E-state index in [0.717, 1.165) is 57.4 Å². The van der Waals surface area contributed by atoms with E-state index in [0.29, 0.717) is 5.82 Å². The van der Waals surface area contributed by atoms with Gasteiger partial charge in [-0.15, -0.1) is 0 Å². The van der Waals surface area contributed by atoms with Crippen LogP contribution < -0.4 is 10.1 Å². The molecule has 1 aliphatic rings. The van der Waals surface area contributed by atoms with Crippen molar-refractivity contribution in [1.29, 1.82) is 0 Å². The lowest BCUT2D eigenvalue weighted by Crippen LogP contribution is -2.14. The van der Waals surface area contributed by atoms with E-state index < -0.39 is 0 Å². The van der Waals surface area contributed by atoms with Crippen molar-refractivity contribution in [2.24, 2.45) is 5.92 Å². The Kier molecular flexibility index (Phi) is 3.97. The van der Waals surface area contributed by atoms with Crippen molar-refractivity contribution in [3.8, 4) is 16.9 Å². The molecule has 3 aromatic heterocycles. The largest absolute Gasteiger partial charge is 0.496 e. The lowest BCUT2D eigenvalue weighted by atomic mass is 9.95. The standard InChI is InChI=1S/C22H21N5O2/c1-12-4-7-18(29-3)13(2)20(12)16-8-15-10-23-19(26-22(28)14-5-6-14)9-17(15)27-21(16)24-11-25-27/h4,7-11,14H,5-6H2,1-3H3,(H,23,26,28). The Bertz CT molecular complexity index is 1270. The maximum absolute atomic E-state index is 12.1. The number of aromatic nitrogens is 4. The fraction of sp³-hybridized carbons (Fsp3) is 0.273. The smallest absolute Gasteiger partial charge is 0.228 e. The number of anilines is 1. The molecule has 0 aliphatic heterocycles. The SMILES string of the molecule is COc1ccc(C)c(-c2cc3cnc(NC(=O)C4CC4)cc3n3ncnc23)c1C. The van der Waals surface area contributed by atoms with Gasteiger partial charge in [-0.2, -0.15) is 5.10 Å². The Morgan fingerprint density at radius 1 is 1.21 bits per heavy atom. The average Bonchev–Trinajstić information content (AvgIpc) is 3.45. The number of nitrogens with zero attached hydrogens (tertiary/aromatic N) is 4. The second-order valence-electron chi connectivity index (χ2n) is 7.53. The third-order valence-electron chi connectivity index (χ3n) is 5.54. The van der Waals surface area contributed by atoms with Crippen LogP contribution in [0, 0.1) is 19.8 Å². The highest BCUT2D eigenvalue weighted by atomic mass is 16.5. The summed E-state index contributed by atoms with van der Waals surface area (Å²) in [5.74, 6) is 1.53. The Morgan fingerprint density at radius 2 is 2.03 bits per heavy atom. The van der Waals surface area contributed by atoms with Gasteiger partial charge in [-0.25, -0.2) is 14.5 Å². The molecule has 7 heteroatoms. The van der Waals surface area contributed by atoms with Crippen LogP contribution in [0.15, 0.2) is 36.8 Å². The number of nitrogens with one attached hydrogen (secondary N) is 1. The molecule has 1 fully saturated rings. The molecule has 1 aromatic carbocycles. The summed E-state index contributed by atoms with van der Waals surface area (Å²) < 4.78 is 7.33. The highest BCUT2D eigenvalue weighted by Crippen LogP contribution is 2.37. The summed E-state index contributed by atoms with van der Waals surface area (Å²) in [6, 6.07) is 7.96. The molecule has 5 rings (SSSR count). The third-order valence-corrected chi connectivity index (χ3v) is 5.54. The first kappa shape index (κ1) is 17.6. The number of rotatable bonds is 4. The van der Waals surface area contributed by atoms with E-state index in [1.165, 1.54) is 0 Å². The molecule has 4 aromatic rings. The fourth-order valence-electron chi connectivity index (χ4n) is 3.86. The molecule has 1 N–H and O–H groups in total. The van der Waals surface area contributed by atoms with Crippen LogP contribution in [-0.4, -0.2) is 32.6 Å². The highest BCUT2D eigenvalue weighted by Gasteiger charge is 2.29. The van der Waals surface area contributed by atoms with E-state index in [9.17, 15) is 4.79 Å². The first-order valence-corrected chi connectivity index (χ1v) is 9.64. The number of carbonyl (C=O) groups excluding carboxylic acids is 1. The van der Waals surface area contributed by atoms with Crippen LogP contribution in [0.5, 0.6) is 5.75 Å². The van der Waals surface area contributed by atoms with E-state index in [1.807, 2.05) is 25.1 Å². The van der Waals surface area contributed by atoms with Gasteiger partial charge in [-0.3, -0.25) is 4.79 Å². The molecule has 1 amide bonds. The number of fused-ring (bicyclic) bond motifs is 3. The summed E-state index contributed by atoms with van der Waals surface area (Å²) in [4.78, 5) is 21.1. The minimum Gasteiger partial charge on any atom is -0.496 e. The molecular formula is C22H21N5O2. The maximum Gasteiger partial charge on any atom is 0.228 e. The molecule has 29 heavy (non-hydrogen) atoms. The van der Waals surface area contributed by atoms with Gasteiger partial charge in [-0.05, 0) is 55.5 Å². The minimum atomic E-state index is 0.0333. The van der Waals surface area contributed by atoms with Crippen LogP contribution in [-0.2, 0) is 4.79 Å². The highest BCUT2D eigenvalue weighted by molar-refractivity contribution is 5.97. The number of carbonyl (C=O) groups is 1. The van der Waals surface area contributed by atoms with Crippen LogP contribution in [0.2, 0.25) is 0 Å². The van der Waals surface area contributed by atoms with Gasteiger partial charge in [-0.1, -0.05) is 6.07 Å². The fourth-order valence-corrected chi connectivity index (χ4v) is 3.86. The zero-order chi connectivity index (χ0) is 20.1. The van der Waals surface area contributed by atoms with Crippen molar-refractivity contribution in [2.75, 3.05) is 12.4 Å². The summed E-state index contributed by atoms with van der Waals surface area (Å²) in [5, 5.41) is 8.26. The number of aryl methyl sites for hydroxylation is 1. The lowest BCUT2D eigenvalue weighted by molar-refractivity contribution is -0.117. The first-order valence-electron chi connectivity index (χ1n) is 9.64. The topological polar surface area (TPSA) is 81.4 Å². The van der Waals surface area contributed by atoms with Gasteiger partial charge < -0.3 is 10.1 Å². The Labute approximate surface area is 167 Å². The van der Waals surface area contributed by atoms with Crippen LogP contribution in [0.3, 0.4) is 0 Å². The van der Waals surface area contributed by atoms with Gasteiger partial charge in [0.2, 0.25) is 5.91 Å². The predicted octanol–water partition coefficient (Wildman–Crippen LogP) is 3.92. The molecule has 0 spiro atoms. The summed E-state index contributed by atoms with van der Waals surface area (Å²) in [6.45, 7) is 4.13. The number of benzene rings is 1. The molecule has 1 saturated carbocycles. The summed E-state index contributed by atoms with van der Waals surface area (Å²) >= 11 is 0.